The molecule has 36 heavy (non-hydrogen) atoms. The van der Waals surface area contributed by atoms with Gasteiger partial charge in [-0.05, 0) is 67.3 Å². The molecule has 0 atom stereocenters. The molecular weight excluding hydrogens is 456 g/mol. The Morgan fingerprint density at radius 1 is 0.972 bits per heavy atom. The standard InChI is InChI=1S/C29H34N2O5/c1-29(2,28(32)33)36-24-13-11-21(12-14-24)7-6-10-27-30-25-19-22-8-4-5-9-23(22)20-26(25)31(27)15-16-35-18-17-34-3/h4-5,8-9,11-14,19-20H,6-7,10,15-18H2,1-3H3,(H,32,33). The normalized spacial score (nSPS) is 11.9. The minimum Gasteiger partial charge on any atom is -0.478 e. The van der Waals surface area contributed by atoms with Gasteiger partial charge in [-0.25, -0.2) is 9.78 Å². The number of hydrogen-bond donors (Lipinski definition) is 1. The minimum absolute atomic E-state index is 0.550. The minimum atomic E-state index is -1.27. The van der Waals surface area contributed by atoms with Crippen LogP contribution in [0.1, 0.15) is 31.7 Å². The second kappa shape index (κ2) is 11.5. The lowest BCUT2D eigenvalue weighted by molar-refractivity contribution is -0.152. The highest BCUT2D eigenvalue weighted by Gasteiger charge is 2.29. The first-order valence-electron chi connectivity index (χ1n) is 12.3. The van der Waals surface area contributed by atoms with Crippen molar-refractivity contribution in [3.8, 4) is 5.75 Å². The van der Waals surface area contributed by atoms with Crippen molar-refractivity contribution in [3.63, 3.8) is 0 Å². The topological polar surface area (TPSA) is 82.8 Å². The molecule has 0 aliphatic carbocycles. The van der Waals surface area contributed by atoms with Gasteiger partial charge in [0, 0.05) is 20.1 Å². The molecule has 1 aromatic heterocycles. The van der Waals surface area contributed by atoms with Gasteiger partial charge in [-0.15, -0.1) is 0 Å². The Balaban J connectivity index is 1.45. The summed E-state index contributed by atoms with van der Waals surface area (Å²) >= 11 is 0. The summed E-state index contributed by atoms with van der Waals surface area (Å²) in [5.74, 6) is 0.610. The number of methoxy groups -OCH3 is 1. The number of aryl methyl sites for hydroxylation is 2. The van der Waals surface area contributed by atoms with Gasteiger partial charge in [-0.3, -0.25) is 0 Å². The van der Waals surface area contributed by atoms with E-state index in [0.29, 0.717) is 25.6 Å². The van der Waals surface area contributed by atoms with E-state index in [1.54, 1.807) is 21.0 Å². The zero-order chi connectivity index (χ0) is 25.5. The van der Waals surface area contributed by atoms with Crippen LogP contribution >= 0.6 is 0 Å². The molecular formula is C29H34N2O5. The molecule has 0 saturated heterocycles. The Bertz CT molecular complexity index is 1310. The highest BCUT2D eigenvalue weighted by molar-refractivity contribution is 5.95. The van der Waals surface area contributed by atoms with Gasteiger partial charge >= 0.3 is 5.97 Å². The predicted octanol–water partition coefficient (Wildman–Crippen LogP) is 5.27. The molecule has 0 unspecified atom stereocenters. The quantitative estimate of drug-likeness (QED) is 0.257. The lowest BCUT2D eigenvalue weighted by Crippen LogP contribution is -2.37. The molecule has 7 heteroatoms. The summed E-state index contributed by atoms with van der Waals surface area (Å²) in [5.41, 5.74) is 2.04. The van der Waals surface area contributed by atoms with Crippen LogP contribution in [0.2, 0.25) is 0 Å². The lowest BCUT2D eigenvalue weighted by Gasteiger charge is -2.21. The fourth-order valence-electron chi connectivity index (χ4n) is 4.21. The molecule has 3 aromatic carbocycles. The molecule has 0 aliphatic heterocycles. The van der Waals surface area contributed by atoms with Gasteiger partial charge in [0.05, 0.1) is 30.9 Å². The van der Waals surface area contributed by atoms with Gasteiger partial charge in [-0.1, -0.05) is 36.4 Å². The third-order valence-electron chi connectivity index (χ3n) is 6.26. The number of aliphatic carboxylic acids is 1. The van der Waals surface area contributed by atoms with Gasteiger partial charge in [0.15, 0.2) is 5.60 Å². The molecule has 7 nitrogen and oxygen atoms in total. The summed E-state index contributed by atoms with van der Waals surface area (Å²) < 4.78 is 18.7. The van der Waals surface area contributed by atoms with E-state index >= 15 is 0 Å². The average molecular weight is 491 g/mol. The van der Waals surface area contributed by atoms with Crippen LogP contribution in [-0.4, -0.2) is 53.2 Å². The molecule has 1 N–H and O–H groups in total. The van der Waals surface area contributed by atoms with Crippen LogP contribution in [-0.2, 0) is 33.7 Å². The molecule has 0 amide bonds. The van der Waals surface area contributed by atoms with Gasteiger partial charge in [0.25, 0.3) is 0 Å². The number of aromatic nitrogens is 2. The van der Waals surface area contributed by atoms with E-state index in [1.165, 1.54) is 16.3 Å². The number of imidazole rings is 1. The SMILES string of the molecule is COCCOCCn1c(CCCc2ccc(OC(C)(C)C(=O)O)cc2)nc2cc3ccccc3cc21. The van der Waals surface area contributed by atoms with E-state index in [-0.39, 0.29) is 0 Å². The van der Waals surface area contributed by atoms with Crippen LogP contribution in [0, 0.1) is 0 Å². The molecule has 0 bridgehead atoms. The Kier molecular flexibility index (Phi) is 8.23. The van der Waals surface area contributed by atoms with E-state index in [2.05, 4.69) is 41.0 Å². The van der Waals surface area contributed by atoms with Crippen LogP contribution < -0.4 is 4.74 Å². The molecule has 0 aliphatic rings. The lowest BCUT2D eigenvalue weighted by atomic mass is 10.1. The summed E-state index contributed by atoms with van der Waals surface area (Å²) in [7, 11) is 1.67. The van der Waals surface area contributed by atoms with Crippen LogP contribution in [0.25, 0.3) is 21.8 Å². The maximum Gasteiger partial charge on any atom is 0.347 e. The Labute approximate surface area is 211 Å². The monoisotopic (exact) mass is 490 g/mol. The zero-order valence-corrected chi connectivity index (χ0v) is 21.2. The van der Waals surface area contributed by atoms with Crippen molar-refractivity contribution in [3.05, 3.63) is 72.1 Å². The highest BCUT2D eigenvalue weighted by Crippen LogP contribution is 2.25. The first-order valence-corrected chi connectivity index (χ1v) is 12.3. The maximum atomic E-state index is 11.3. The van der Waals surface area contributed by atoms with Crippen LogP contribution in [0.5, 0.6) is 5.75 Å². The second-order valence-corrected chi connectivity index (χ2v) is 9.39. The number of benzene rings is 3. The van der Waals surface area contributed by atoms with E-state index in [1.807, 2.05) is 24.3 Å². The number of nitrogens with zero attached hydrogens (tertiary/aromatic N) is 2. The van der Waals surface area contributed by atoms with Crippen molar-refractivity contribution in [1.29, 1.82) is 0 Å². The molecule has 0 spiro atoms. The summed E-state index contributed by atoms with van der Waals surface area (Å²) in [6, 6.07) is 20.4. The maximum absolute atomic E-state index is 11.3. The number of ether oxygens (including phenoxy) is 3. The summed E-state index contributed by atoms with van der Waals surface area (Å²) in [6.45, 7) is 5.58. The Hall–Kier alpha value is -3.42. The highest BCUT2D eigenvalue weighted by atomic mass is 16.5. The van der Waals surface area contributed by atoms with Crippen molar-refractivity contribution >= 4 is 27.8 Å². The summed E-state index contributed by atoms with van der Waals surface area (Å²) in [4.78, 5) is 16.3. The Morgan fingerprint density at radius 3 is 2.39 bits per heavy atom. The fourth-order valence-corrected chi connectivity index (χ4v) is 4.21. The van der Waals surface area contributed by atoms with Crippen LogP contribution in [0.4, 0.5) is 0 Å². The van der Waals surface area contributed by atoms with E-state index in [9.17, 15) is 9.90 Å². The van der Waals surface area contributed by atoms with Crippen molar-refractivity contribution in [2.75, 3.05) is 26.9 Å². The first-order chi connectivity index (χ1) is 17.4. The third kappa shape index (κ3) is 6.22. The number of fused-ring (bicyclic) bond motifs is 2. The predicted molar refractivity (Wildman–Crippen MR) is 141 cm³/mol. The van der Waals surface area contributed by atoms with E-state index < -0.39 is 11.6 Å². The summed E-state index contributed by atoms with van der Waals surface area (Å²) in [5, 5.41) is 11.6. The molecule has 0 radical (unpaired) electrons. The smallest absolute Gasteiger partial charge is 0.347 e. The van der Waals surface area contributed by atoms with Crippen molar-refractivity contribution in [2.24, 2.45) is 0 Å². The third-order valence-corrected chi connectivity index (χ3v) is 6.26. The van der Waals surface area contributed by atoms with E-state index in [0.717, 1.165) is 42.7 Å². The van der Waals surface area contributed by atoms with Gasteiger partial charge in [-0.2, -0.15) is 0 Å². The van der Waals surface area contributed by atoms with Crippen LogP contribution in [0.3, 0.4) is 0 Å². The average Bonchev–Trinajstić information content (AvgIpc) is 3.19. The molecule has 190 valence electrons. The number of rotatable bonds is 13. The van der Waals surface area contributed by atoms with E-state index in [4.69, 9.17) is 19.2 Å². The van der Waals surface area contributed by atoms with Crippen molar-refractivity contribution in [2.45, 2.75) is 45.3 Å². The van der Waals surface area contributed by atoms with Crippen LogP contribution in [0.15, 0.2) is 60.7 Å². The molecule has 0 saturated carbocycles. The van der Waals surface area contributed by atoms with Crippen molar-refractivity contribution in [1.82, 2.24) is 9.55 Å². The first kappa shape index (κ1) is 25.7. The largest absolute Gasteiger partial charge is 0.478 e. The zero-order valence-electron chi connectivity index (χ0n) is 21.2. The number of hydrogen-bond acceptors (Lipinski definition) is 5. The van der Waals surface area contributed by atoms with Gasteiger partial charge in [0.2, 0.25) is 0 Å². The second-order valence-electron chi connectivity index (χ2n) is 9.39. The number of carboxylic acid groups (broad SMARTS) is 1. The molecule has 1 heterocycles. The molecule has 4 rings (SSSR count). The fraction of sp³-hybridized carbons (Fsp3) is 0.379. The number of carboxylic acids is 1. The number of carbonyl (C=O) groups is 1. The van der Waals surface area contributed by atoms with Gasteiger partial charge in [0.1, 0.15) is 11.6 Å². The van der Waals surface area contributed by atoms with Gasteiger partial charge < -0.3 is 23.9 Å². The summed E-state index contributed by atoms with van der Waals surface area (Å²) in [6.07, 6.45) is 2.67. The molecule has 4 aromatic rings. The molecule has 0 fully saturated rings. The Morgan fingerprint density at radius 2 is 1.69 bits per heavy atom. The van der Waals surface area contributed by atoms with Crippen molar-refractivity contribution < 1.29 is 24.1 Å².